The van der Waals surface area contributed by atoms with Crippen molar-refractivity contribution in [1.29, 1.82) is 0 Å². The van der Waals surface area contributed by atoms with Gasteiger partial charge in [-0.15, -0.1) is 0 Å². The summed E-state index contributed by atoms with van der Waals surface area (Å²) < 4.78 is 6.69. The zero-order valence-electron chi connectivity index (χ0n) is 29.3. The van der Waals surface area contributed by atoms with Gasteiger partial charge in [-0.1, -0.05) is 61.9 Å². The molecule has 0 saturated carbocycles. The second-order valence-corrected chi connectivity index (χ2v) is 12.6. The largest absolute Gasteiger partial charge is 0.378 e. The number of hydrogen-bond donors (Lipinski definition) is 0. The van der Waals surface area contributed by atoms with E-state index in [0.29, 0.717) is 6.61 Å². The van der Waals surface area contributed by atoms with Crippen LogP contribution >= 0.6 is 0 Å². The Morgan fingerprint density at radius 3 is 0.957 bits per heavy atom. The highest BCUT2D eigenvalue weighted by Crippen LogP contribution is 2.31. The molecule has 0 atom stereocenters. The number of ether oxygens (including phenoxy) is 1. The van der Waals surface area contributed by atoms with E-state index >= 15 is 0 Å². The second-order valence-electron chi connectivity index (χ2n) is 12.6. The van der Waals surface area contributed by atoms with Crippen LogP contribution in [0.1, 0.15) is 42.0 Å². The fourth-order valence-electron chi connectivity index (χ4n) is 5.31. The summed E-state index contributed by atoms with van der Waals surface area (Å²) >= 11 is 0. The Bertz CT molecular complexity index is 1340. The molecule has 5 heteroatoms. The molecule has 0 aromatic heterocycles. The van der Waals surface area contributed by atoms with Gasteiger partial charge in [0.2, 0.25) is 0 Å². The van der Waals surface area contributed by atoms with E-state index in [9.17, 15) is 0 Å². The monoisotopic (exact) mass is 616 g/mol. The van der Waals surface area contributed by atoms with Crippen molar-refractivity contribution in [1.82, 2.24) is 0 Å². The fraction of sp³-hybridized carbons (Fsp3) is 0.317. The first-order chi connectivity index (χ1) is 22.1. The summed E-state index contributed by atoms with van der Waals surface area (Å²) in [6.07, 6.45) is 6.43. The average Bonchev–Trinajstić information content (AvgIpc) is 3.06. The molecule has 0 bridgehead atoms. The van der Waals surface area contributed by atoms with Crippen LogP contribution in [0, 0.1) is 0 Å². The lowest BCUT2D eigenvalue weighted by atomic mass is 9.93. The highest BCUT2D eigenvalue weighted by atomic mass is 16.5. The summed E-state index contributed by atoms with van der Waals surface area (Å²) in [7, 11) is 16.6. The molecule has 0 N–H and O–H groups in total. The quantitative estimate of drug-likeness (QED) is 0.132. The van der Waals surface area contributed by atoms with E-state index in [0.717, 1.165) is 46.2 Å². The molecule has 242 valence electrons. The van der Waals surface area contributed by atoms with Gasteiger partial charge in [-0.25, -0.2) is 0 Å². The van der Waals surface area contributed by atoms with Gasteiger partial charge < -0.3 is 24.3 Å². The summed E-state index contributed by atoms with van der Waals surface area (Å²) in [6.45, 7) is 2.89. The van der Waals surface area contributed by atoms with E-state index in [1.165, 1.54) is 22.7 Å². The molecule has 0 unspecified atom stereocenters. The standard InChI is InChI=1S/C41H52N4O/c1-10-11-28-46-39(29-40(31-12-20-35(21-13-31)42(2)3)32-14-22-36(23-15-32)43(4)5)30-41(33-16-24-37(25-17-33)44(6)7)34-18-26-38(27-19-34)45(8)9/h12-27,29-30,39H,10-11,28H2,1-9H3. The molecule has 4 aromatic rings. The summed E-state index contributed by atoms with van der Waals surface area (Å²) in [5, 5.41) is 0. The Hall–Kier alpha value is -4.48. The third kappa shape index (κ3) is 9.04. The van der Waals surface area contributed by atoms with Crippen molar-refractivity contribution in [3.8, 4) is 0 Å². The molecule has 46 heavy (non-hydrogen) atoms. The Kier molecular flexibility index (Phi) is 12.1. The van der Waals surface area contributed by atoms with Crippen molar-refractivity contribution < 1.29 is 4.74 Å². The molecule has 0 heterocycles. The van der Waals surface area contributed by atoms with Crippen LogP contribution in [0.2, 0.25) is 0 Å². The van der Waals surface area contributed by atoms with Gasteiger partial charge in [-0.05, 0) is 101 Å². The van der Waals surface area contributed by atoms with Crippen molar-refractivity contribution in [3.05, 3.63) is 131 Å². The van der Waals surface area contributed by atoms with Crippen molar-refractivity contribution in [2.75, 3.05) is 82.6 Å². The molecule has 0 aliphatic rings. The van der Waals surface area contributed by atoms with Gasteiger partial charge in [-0.2, -0.15) is 0 Å². The molecule has 0 amide bonds. The normalized spacial score (nSPS) is 10.8. The molecule has 4 rings (SSSR count). The first-order valence-electron chi connectivity index (χ1n) is 16.2. The zero-order chi connectivity index (χ0) is 33.2. The number of benzene rings is 4. The highest BCUT2D eigenvalue weighted by molar-refractivity contribution is 5.84. The van der Waals surface area contributed by atoms with Crippen LogP contribution in [0.15, 0.2) is 109 Å². The lowest BCUT2D eigenvalue weighted by Gasteiger charge is -2.20. The van der Waals surface area contributed by atoms with Crippen LogP contribution in [0.5, 0.6) is 0 Å². The minimum absolute atomic E-state index is 0.249. The van der Waals surface area contributed by atoms with Crippen molar-refractivity contribution in [2.24, 2.45) is 0 Å². The van der Waals surface area contributed by atoms with E-state index < -0.39 is 0 Å². The molecule has 0 saturated heterocycles. The van der Waals surface area contributed by atoms with Crippen LogP contribution in [-0.4, -0.2) is 69.1 Å². The van der Waals surface area contributed by atoms with E-state index in [1.54, 1.807) is 0 Å². The molecule has 0 aliphatic carbocycles. The summed E-state index contributed by atoms with van der Waals surface area (Å²) in [6, 6.07) is 35.2. The highest BCUT2D eigenvalue weighted by Gasteiger charge is 2.15. The fourth-order valence-corrected chi connectivity index (χ4v) is 5.31. The third-order valence-corrected chi connectivity index (χ3v) is 8.25. The van der Waals surface area contributed by atoms with E-state index in [4.69, 9.17) is 4.74 Å². The number of hydrogen-bond acceptors (Lipinski definition) is 5. The van der Waals surface area contributed by atoms with E-state index in [1.807, 2.05) is 0 Å². The Balaban J connectivity index is 1.90. The molecular weight excluding hydrogens is 564 g/mol. The first kappa shape index (κ1) is 34.4. The minimum atomic E-state index is -0.249. The van der Waals surface area contributed by atoms with Crippen LogP contribution < -0.4 is 19.6 Å². The second kappa shape index (κ2) is 16.2. The number of anilines is 4. The van der Waals surface area contributed by atoms with Gasteiger partial charge in [0.1, 0.15) is 0 Å². The number of nitrogens with zero attached hydrogens (tertiary/aromatic N) is 4. The van der Waals surface area contributed by atoms with Gasteiger partial charge in [0.15, 0.2) is 0 Å². The Morgan fingerprint density at radius 2 is 0.739 bits per heavy atom. The average molecular weight is 617 g/mol. The maximum Gasteiger partial charge on any atom is 0.0955 e. The van der Waals surface area contributed by atoms with E-state index in [2.05, 4.69) is 192 Å². The van der Waals surface area contributed by atoms with Crippen molar-refractivity contribution >= 4 is 33.9 Å². The van der Waals surface area contributed by atoms with Gasteiger partial charge in [0, 0.05) is 85.7 Å². The number of unbranched alkanes of at least 4 members (excludes halogenated alkanes) is 1. The minimum Gasteiger partial charge on any atom is -0.378 e. The molecule has 0 fully saturated rings. The Labute approximate surface area is 278 Å². The Morgan fingerprint density at radius 1 is 0.478 bits per heavy atom. The van der Waals surface area contributed by atoms with Crippen molar-refractivity contribution in [3.63, 3.8) is 0 Å². The molecule has 0 radical (unpaired) electrons. The van der Waals surface area contributed by atoms with Crippen LogP contribution in [0.4, 0.5) is 22.7 Å². The van der Waals surface area contributed by atoms with Gasteiger partial charge in [0.05, 0.1) is 6.10 Å². The van der Waals surface area contributed by atoms with Crippen LogP contribution in [0.25, 0.3) is 11.1 Å². The molecule has 0 spiro atoms. The zero-order valence-corrected chi connectivity index (χ0v) is 29.3. The van der Waals surface area contributed by atoms with Crippen LogP contribution in [0.3, 0.4) is 0 Å². The molecule has 4 aromatic carbocycles. The van der Waals surface area contributed by atoms with E-state index in [-0.39, 0.29) is 6.10 Å². The van der Waals surface area contributed by atoms with Gasteiger partial charge >= 0.3 is 0 Å². The first-order valence-corrected chi connectivity index (χ1v) is 16.2. The smallest absolute Gasteiger partial charge is 0.0955 e. The predicted octanol–water partition coefficient (Wildman–Crippen LogP) is 8.70. The number of rotatable bonds is 14. The van der Waals surface area contributed by atoms with Gasteiger partial charge in [-0.3, -0.25) is 0 Å². The summed E-state index contributed by atoms with van der Waals surface area (Å²) in [4.78, 5) is 8.53. The van der Waals surface area contributed by atoms with Crippen molar-refractivity contribution in [2.45, 2.75) is 25.9 Å². The molecule has 5 nitrogen and oxygen atoms in total. The maximum atomic E-state index is 6.69. The summed E-state index contributed by atoms with van der Waals surface area (Å²) in [5.41, 5.74) is 11.6. The van der Waals surface area contributed by atoms with Crippen LogP contribution in [-0.2, 0) is 4.74 Å². The lowest BCUT2D eigenvalue weighted by molar-refractivity contribution is 0.113. The molecular formula is C41H52N4O. The molecule has 0 aliphatic heterocycles. The topological polar surface area (TPSA) is 22.2 Å². The van der Waals surface area contributed by atoms with Gasteiger partial charge in [0.25, 0.3) is 0 Å². The SMILES string of the molecule is CCCCOC(C=C(c1ccc(N(C)C)cc1)c1ccc(N(C)C)cc1)C=C(c1ccc(N(C)C)cc1)c1ccc(N(C)C)cc1. The lowest BCUT2D eigenvalue weighted by Crippen LogP contribution is -2.12. The third-order valence-electron chi connectivity index (χ3n) is 8.25. The predicted molar refractivity (Wildman–Crippen MR) is 202 cm³/mol. The maximum absolute atomic E-state index is 6.69. The summed E-state index contributed by atoms with van der Waals surface area (Å²) in [5.74, 6) is 0.